The molecule has 18 heavy (non-hydrogen) atoms. The number of fused-ring (bicyclic) bond motifs is 1. The van der Waals surface area contributed by atoms with Gasteiger partial charge in [-0.2, -0.15) is 0 Å². The van der Waals surface area contributed by atoms with Gasteiger partial charge in [0.1, 0.15) is 5.82 Å². The number of hydrogen-bond donors (Lipinski definition) is 2. The van der Waals surface area contributed by atoms with Gasteiger partial charge in [0.15, 0.2) is 0 Å². The Morgan fingerprint density at radius 1 is 1.22 bits per heavy atom. The maximum absolute atomic E-state index is 5.77. The fourth-order valence-corrected chi connectivity index (χ4v) is 2.27. The van der Waals surface area contributed by atoms with E-state index in [0.29, 0.717) is 0 Å². The first kappa shape index (κ1) is 12.9. The Labute approximate surface area is 108 Å². The highest BCUT2D eigenvalue weighted by atomic mass is 15.1. The van der Waals surface area contributed by atoms with Gasteiger partial charge in [0.05, 0.1) is 17.6 Å². The quantitative estimate of drug-likeness (QED) is 0.770. The number of aromatic nitrogens is 2. The van der Waals surface area contributed by atoms with Crippen molar-refractivity contribution in [2.75, 3.05) is 18.8 Å². The molecule has 0 unspecified atom stereocenters. The van der Waals surface area contributed by atoms with Crippen LogP contribution in [0, 0.1) is 0 Å². The second-order valence-corrected chi connectivity index (χ2v) is 4.74. The highest BCUT2D eigenvalue weighted by Gasteiger charge is 2.08. The van der Waals surface area contributed by atoms with E-state index >= 15 is 0 Å². The lowest BCUT2D eigenvalue weighted by Crippen LogP contribution is -2.25. The van der Waals surface area contributed by atoms with Crippen molar-refractivity contribution in [1.29, 1.82) is 0 Å². The molecule has 2 rings (SSSR count). The number of imidazole rings is 1. The van der Waals surface area contributed by atoms with Gasteiger partial charge in [-0.05, 0) is 44.1 Å². The summed E-state index contributed by atoms with van der Waals surface area (Å²) in [6.45, 7) is 7.54. The molecule has 0 atom stereocenters. The molecule has 0 bridgehead atoms. The van der Waals surface area contributed by atoms with Gasteiger partial charge in [-0.3, -0.25) is 4.90 Å². The molecule has 1 heterocycles. The Morgan fingerprint density at radius 3 is 2.61 bits per heavy atom. The van der Waals surface area contributed by atoms with Crippen LogP contribution in [0.4, 0.5) is 5.69 Å². The molecule has 0 aliphatic heterocycles. The van der Waals surface area contributed by atoms with E-state index in [2.05, 4.69) is 28.7 Å². The summed E-state index contributed by atoms with van der Waals surface area (Å²) in [7, 11) is 0. The predicted octanol–water partition coefficient (Wildman–Crippen LogP) is 2.77. The average Bonchev–Trinajstić information content (AvgIpc) is 2.71. The number of nitrogens with two attached hydrogens (primary N) is 1. The Morgan fingerprint density at radius 2 is 1.94 bits per heavy atom. The number of aromatic amines is 1. The maximum atomic E-state index is 5.77. The molecule has 1 aromatic carbocycles. The molecular weight excluding hydrogens is 224 g/mol. The summed E-state index contributed by atoms with van der Waals surface area (Å²) in [5, 5.41) is 0. The van der Waals surface area contributed by atoms with E-state index < -0.39 is 0 Å². The van der Waals surface area contributed by atoms with Crippen LogP contribution in [0.25, 0.3) is 11.0 Å². The molecule has 0 radical (unpaired) electrons. The fourth-order valence-electron chi connectivity index (χ4n) is 2.27. The number of hydrogen-bond acceptors (Lipinski definition) is 3. The van der Waals surface area contributed by atoms with Crippen LogP contribution in [-0.4, -0.2) is 28.0 Å². The summed E-state index contributed by atoms with van der Waals surface area (Å²) in [6, 6.07) is 5.80. The van der Waals surface area contributed by atoms with Crippen LogP contribution in [0.5, 0.6) is 0 Å². The lowest BCUT2D eigenvalue weighted by Gasteiger charge is -2.19. The normalized spacial score (nSPS) is 11.5. The molecular formula is C14H22N4. The van der Waals surface area contributed by atoms with Gasteiger partial charge in [-0.1, -0.05) is 13.8 Å². The van der Waals surface area contributed by atoms with Gasteiger partial charge < -0.3 is 10.7 Å². The summed E-state index contributed by atoms with van der Waals surface area (Å²) in [5.41, 5.74) is 8.56. The van der Waals surface area contributed by atoms with Crippen molar-refractivity contribution in [3.63, 3.8) is 0 Å². The monoisotopic (exact) mass is 246 g/mol. The van der Waals surface area contributed by atoms with Crippen LogP contribution in [0.3, 0.4) is 0 Å². The Bertz CT molecular complexity index is 497. The third kappa shape index (κ3) is 3.01. The minimum Gasteiger partial charge on any atom is -0.399 e. The number of anilines is 1. The third-order valence-electron chi connectivity index (χ3n) is 3.01. The zero-order chi connectivity index (χ0) is 13.0. The second-order valence-electron chi connectivity index (χ2n) is 4.74. The Hall–Kier alpha value is -1.55. The van der Waals surface area contributed by atoms with Crippen LogP contribution in [0.15, 0.2) is 18.2 Å². The predicted molar refractivity (Wildman–Crippen MR) is 76.4 cm³/mol. The van der Waals surface area contributed by atoms with Crippen LogP contribution in [0.2, 0.25) is 0 Å². The highest BCUT2D eigenvalue weighted by molar-refractivity contribution is 5.78. The molecule has 0 saturated carbocycles. The molecule has 3 N–H and O–H groups in total. The van der Waals surface area contributed by atoms with Crippen molar-refractivity contribution in [2.45, 2.75) is 33.2 Å². The van der Waals surface area contributed by atoms with Crippen molar-refractivity contribution in [3.8, 4) is 0 Å². The smallest absolute Gasteiger partial charge is 0.121 e. The van der Waals surface area contributed by atoms with E-state index in [1.54, 1.807) is 0 Å². The molecule has 0 aliphatic rings. The molecule has 1 aromatic heterocycles. The van der Waals surface area contributed by atoms with E-state index in [1.807, 2.05) is 18.2 Å². The number of H-pyrrole nitrogens is 1. The zero-order valence-electron chi connectivity index (χ0n) is 11.2. The first-order valence-corrected chi connectivity index (χ1v) is 6.69. The Balaban J connectivity index is 2.14. The first-order valence-electron chi connectivity index (χ1n) is 6.69. The van der Waals surface area contributed by atoms with Gasteiger partial charge in [0, 0.05) is 5.69 Å². The SMILES string of the molecule is CCCN(CCC)Cc1nc2ccc(N)cc2[nH]1. The summed E-state index contributed by atoms with van der Waals surface area (Å²) in [5.74, 6) is 1.03. The van der Waals surface area contributed by atoms with E-state index in [-0.39, 0.29) is 0 Å². The van der Waals surface area contributed by atoms with Crippen molar-refractivity contribution >= 4 is 16.7 Å². The number of nitrogens with zero attached hydrogens (tertiary/aromatic N) is 2. The molecule has 0 spiro atoms. The summed E-state index contributed by atoms with van der Waals surface area (Å²) in [6.07, 6.45) is 2.35. The summed E-state index contributed by atoms with van der Waals surface area (Å²) >= 11 is 0. The highest BCUT2D eigenvalue weighted by Crippen LogP contribution is 2.15. The van der Waals surface area contributed by atoms with Crippen LogP contribution >= 0.6 is 0 Å². The van der Waals surface area contributed by atoms with Crippen molar-refractivity contribution in [2.24, 2.45) is 0 Å². The van der Waals surface area contributed by atoms with Crippen LogP contribution in [0.1, 0.15) is 32.5 Å². The molecule has 0 saturated heterocycles. The van der Waals surface area contributed by atoms with Gasteiger partial charge >= 0.3 is 0 Å². The largest absolute Gasteiger partial charge is 0.399 e. The summed E-state index contributed by atoms with van der Waals surface area (Å²) < 4.78 is 0. The topological polar surface area (TPSA) is 57.9 Å². The number of nitrogens with one attached hydrogen (secondary N) is 1. The zero-order valence-corrected chi connectivity index (χ0v) is 11.2. The molecule has 4 nitrogen and oxygen atoms in total. The maximum Gasteiger partial charge on any atom is 0.121 e. The minimum absolute atomic E-state index is 0.775. The molecule has 4 heteroatoms. The standard InChI is InChI=1S/C14H22N4/c1-3-7-18(8-4-2)10-14-16-12-6-5-11(15)9-13(12)17-14/h5-6,9H,3-4,7-8,10,15H2,1-2H3,(H,16,17). The van der Waals surface area contributed by atoms with Gasteiger partial charge in [0.25, 0.3) is 0 Å². The number of rotatable bonds is 6. The molecule has 98 valence electrons. The fraction of sp³-hybridized carbons (Fsp3) is 0.500. The van der Waals surface area contributed by atoms with Crippen LogP contribution in [-0.2, 0) is 6.54 Å². The van der Waals surface area contributed by atoms with Gasteiger partial charge in [-0.25, -0.2) is 4.98 Å². The van der Waals surface area contributed by atoms with Crippen LogP contribution < -0.4 is 5.73 Å². The van der Waals surface area contributed by atoms with Gasteiger partial charge in [-0.15, -0.1) is 0 Å². The van der Waals surface area contributed by atoms with Gasteiger partial charge in [0.2, 0.25) is 0 Å². The lowest BCUT2D eigenvalue weighted by molar-refractivity contribution is 0.261. The lowest BCUT2D eigenvalue weighted by atomic mass is 10.3. The third-order valence-corrected chi connectivity index (χ3v) is 3.01. The van der Waals surface area contributed by atoms with E-state index in [9.17, 15) is 0 Å². The minimum atomic E-state index is 0.775. The number of benzene rings is 1. The van der Waals surface area contributed by atoms with Crippen molar-refractivity contribution < 1.29 is 0 Å². The second kappa shape index (κ2) is 5.87. The first-order chi connectivity index (χ1) is 8.72. The van der Waals surface area contributed by atoms with Crippen molar-refractivity contribution in [1.82, 2.24) is 14.9 Å². The average molecular weight is 246 g/mol. The summed E-state index contributed by atoms with van der Waals surface area (Å²) in [4.78, 5) is 10.4. The molecule has 0 fully saturated rings. The van der Waals surface area contributed by atoms with E-state index in [1.165, 1.54) is 12.8 Å². The molecule has 0 amide bonds. The van der Waals surface area contributed by atoms with Crippen molar-refractivity contribution in [3.05, 3.63) is 24.0 Å². The Kier molecular flexibility index (Phi) is 4.20. The van der Waals surface area contributed by atoms with E-state index in [0.717, 1.165) is 42.2 Å². The molecule has 2 aromatic rings. The molecule has 0 aliphatic carbocycles. The van der Waals surface area contributed by atoms with E-state index in [4.69, 9.17) is 5.73 Å². The number of nitrogen functional groups attached to an aromatic ring is 1.